The van der Waals surface area contributed by atoms with Crippen molar-refractivity contribution in [3.8, 4) is 0 Å². The largest absolute Gasteiger partial charge is 0.345 e. The van der Waals surface area contributed by atoms with Crippen molar-refractivity contribution < 1.29 is 13.2 Å². The maximum atomic E-state index is 13.2. The summed E-state index contributed by atoms with van der Waals surface area (Å²) in [7, 11) is -2.34. The molecule has 168 valence electrons. The van der Waals surface area contributed by atoms with Crippen LogP contribution in [0.2, 0.25) is 0 Å². The van der Waals surface area contributed by atoms with E-state index < -0.39 is 10.0 Å². The third-order valence-electron chi connectivity index (χ3n) is 5.86. The van der Waals surface area contributed by atoms with Gasteiger partial charge in [-0.25, -0.2) is 8.42 Å². The molecule has 1 amide bonds. The van der Waals surface area contributed by atoms with Gasteiger partial charge in [-0.15, -0.1) is 0 Å². The van der Waals surface area contributed by atoms with Crippen molar-refractivity contribution in [3.63, 3.8) is 0 Å². The van der Waals surface area contributed by atoms with Gasteiger partial charge in [-0.1, -0.05) is 42.0 Å². The van der Waals surface area contributed by atoms with Gasteiger partial charge in [-0.2, -0.15) is 0 Å². The second kappa shape index (κ2) is 9.17. The molecule has 0 radical (unpaired) electrons. The fraction of sp³-hybridized carbons (Fsp3) is 0.269. The van der Waals surface area contributed by atoms with Gasteiger partial charge in [0.25, 0.3) is 15.9 Å². The Labute approximate surface area is 191 Å². The van der Waals surface area contributed by atoms with Crippen LogP contribution in [0.15, 0.2) is 65.6 Å². The predicted octanol–water partition coefficient (Wildman–Crippen LogP) is 5.24. The lowest BCUT2D eigenvalue weighted by atomic mass is 9.96. The molecule has 0 aliphatic rings. The first kappa shape index (κ1) is 23.5. The first-order valence-corrected chi connectivity index (χ1v) is 12.0. The SMILES string of the molecule is Cc1ccc(S(=O)(=O)N(C)c2ccccc2C(=O)N[C@@H](C)c2cc(C)c(C)cc2C)cc1. The number of hydrogen-bond donors (Lipinski definition) is 1. The number of rotatable bonds is 6. The standard InChI is InChI=1S/C26H30N2O3S/c1-17-11-13-22(14-12-17)32(30,31)28(6)25-10-8-7-9-23(25)26(29)27-21(5)24-16-19(3)18(2)15-20(24)4/h7-16,21H,1-6H3,(H,27,29)/t21-/m0/s1. The zero-order valence-corrected chi connectivity index (χ0v) is 20.2. The number of nitrogens with zero attached hydrogens (tertiary/aromatic N) is 1. The van der Waals surface area contributed by atoms with Crippen molar-refractivity contribution in [3.05, 3.63) is 94.0 Å². The molecule has 0 aliphatic heterocycles. The molecule has 0 saturated heterocycles. The predicted molar refractivity (Wildman–Crippen MR) is 130 cm³/mol. The molecule has 3 rings (SSSR count). The maximum Gasteiger partial charge on any atom is 0.264 e. The van der Waals surface area contributed by atoms with E-state index in [4.69, 9.17) is 0 Å². The molecule has 5 nitrogen and oxygen atoms in total. The summed E-state index contributed by atoms with van der Waals surface area (Å²) in [4.78, 5) is 13.4. The van der Waals surface area contributed by atoms with E-state index in [1.807, 2.05) is 27.7 Å². The first-order valence-electron chi connectivity index (χ1n) is 10.6. The Morgan fingerprint density at radius 2 is 1.47 bits per heavy atom. The van der Waals surface area contributed by atoms with E-state index >= 15 is 0 Å². The van der Waals surface area contributed by atoms with Gasteiger partial charge in [0.15, 0.2) is 0 Å². The summed E-state index contributed by atoms with van der Waals surface area (Å²) in [6, 6.07) is 17.4. The molecule has 1 N–H and O–H groups in total. The highest BCUT2D eigenvalue weighted by Gasteiger charge is 2.25. The van der Waals surface area contributed by atoms with E-state index in [1.165, 1.54) is 16.9 Å². The summed E-state index contributed by atoms with van der Waals surface area (Å²) >= 11 is 0. The Balaban J connectivity index is 1.91. The van der Waals surface area contributed by atoms with Crippen LogP contribution in [0.3, 0.4) is 0 Å². The van der Waals surface area contributed by atoms with Crippen molar-refractivity contribution in [2.24, 2.45) is 0 Å². The van der Waals surface area contributed by atoms with Gasteiger partial charge in [0.2, 0.25) is 0 Å². The van der Waals surface area contributed by atoms with E-state index in [9.17, 15) is 13.2 Å². The average Bonchev–Trinajstić information content (AvgIpc) is 2.75. The molecule has 0 spiro atoms. The number of carbonyl (C=O) groups is 1. The van der Waals surface area contributed by atoms with Crippen molar-refractivity contribution in [2.75, 3.05) is 11.4 Å². The van der Waals surface area contributed by atoms with Crippen molar-refractivity contribution >= 4 is 21.6 Å². The van der Waals surface area contributed by atoms with Crippen LogP contribution in [-0.4, -0.2) is 21.4 Å². The molecule has 6 heteroatoms. The molecule has 0 saturated carbocycles. The van der Waals surface area contributed by atoms with Gasteiger partial charge >= 0.3 is 0 Å². The van der Waals surface area contributed by atoms with Gasteiger partial charge in [-0.3, -0.25) is 9.10 Å². The molecule has 0 fully saturated rings. The van der Waals surface area contributed by atoms with Crippen LogP contribution >= 0.6 is 0 Å². The van der Waals surface area contributed by atoms with Gasteiger partial charge < -0.3 is 5.32 Å². The number of nitrogens with one attached hydrogen (secondary N) is 1. The van der Waals surface area contributed by atoms with Crippen LogP contribution in [0.4, 0.5) is 5.69 Å². The Hall–Kier alpha value is -3.12. The Morgan fingerprint density at radius 3 is 2.12 bits per heavy atom. The lowest BCUT2D eigenvalue weighted by Crippen LogP contribution is -2.32. The molecule has 0 heterocycles. The highest BCUT2D eigenvalue weighted by molar-refractivity contribution is 7.92. The van der Waals surface area contributed by atoms with Crippen molar-refractivity contribution in [1.29, 1.82) is 0 Å². The molecule has 0 aliphatic carbocycles. The van der Waals surface area contributed by atoms with Crippen LogP contribution in [0.25, 0.3) is 0 Å². The summed E-state index contributed by atoms with van der Waals surface area (Å²) in [5, 5.41) is 3.03. The fourth-order valence-electron chi connectivity index (χ4n) is 3.74. The lowest BCUT2D eigenvalue weighted by molar-refractivity contribution is 0.0940. The molecular weight excluding hydrogens is 420 g/mol. The highest BCUT2D eigenvalue weighted by atomic mass is 32.2. The van der Waals surface area contributed by atoms with Gasteiger partial charge in [0.05, 0.1) is 22.2 Å². The number of hydrogen-bond acceptors (Lipinski definition) is 3. The Kier molecular flexibility index (Phi) is 6.74. The van der Waals surface area contributed by atoms with Crippen molar-refractivity contribution in [1.82, 2.24) is 5.32 Å². The zero-order valence-electron chi connectivity index (χ0n) is 19.4. The number of sulfonamides is 1. The highest BCUT2D eigenvalue weighted by Crippen LogP contribution is 2.27. The number of amides is 1. The molecule has 3 aromatic carbocycles. The Morgan fingerprint density at radius 1 is 0.875 bits per heavy atom. The summed E-state index contributed by atoms with van der Waals surface area (Å²) < 4.78 is 27.5. The molecule has 0 bridgehead atoms. The molecule has 0 unspecified atom stereocenters. The monoisotopic (exact) mass is 450 g/mol. The molecular formula is C26H30N2O3S. The van der Waals surface area contributed by atoms with Crippen LogP contribution < -0.4 is 9.62 Å². The smallest absolute Gasteiger partial charge is 0.264 e. The molecule has 0 aromatic heterocycles. The normalized spacial score (nSPS) is 12.3. The van der Waals surface area contributed by atoms with E-state index in [-0.39, 0.29) is 16.8 Å². The van der Waals surface area contributed by atoms with E-state index in [1.54, 1.807) is 48.5 Å². The number of para-hydroxylation sites is 1. The van der Waals surface area contributed by atoms with E-state index in [2.05, 4.69) is 24.4 Å². The fourth-order valence-corrected chi connectivity index (χ4v) is 4.95. The molecule has 3 aromatic rings. The van der Waals surface area contributed by atoms with Crippen molar-refractivity contribution in [2.45, 2.75) is 45.6 Å². The molecule has 32 heavy (non-hydrogen) atoms. The number of carbonyl (C=O) groups excluding carboxylic acids is 1. The Bertz CT molecular complexity index is 1250. The summed E-state index contributed by atoms with van der Waals surface area (Å²) in [6.45, 7) is 9.98. The number of benzene rings is 3. The van der Waals surface area contributed by atoms with Gasteiger partial charge in [0, 0.05) is 7.05 Å². The van der Waals surface area contributed by atoms with Gasteiger partial charge in [-0.05, 0) is 81.1 Å². The van der Waals surface area contributed by atoms with E-state index in [0.717, 1.165) is 22.3 Å². The number of aryl methyl sites for hydroxylation is 4. The van der Waals surface area contributed by atoms with Crippen LogP contribution in [-0.2, 0) is 10.0 Å². The van der Waals surface area contributed by atoms with E-state index in [0.29, 0.717) is 11.3 Å². The summed E-state index contributed by atoms with van der Waals surface area (Å²) in [5.74, 6) is -0.323. The summed E-state index contributed by atoms with van der Waals surface area (Å²) in [5.41, 5.74) is 6.12. The van der Waals surface area contributed by atoms with Crippen LogP contribution in [0.1, 0.15) is 51.1 Å². The quantitative estimate of drug-likeness (QED) is 0.559. The van der Waals surface area contributed by atoms with Gasteiger partial charge in [0.1, 0.15) is 0 Å². The minimum absolute atomic E-state index is 0.180. The second-order valence-electron chi connectivity index (χ2n) is 8.29. The third-order valence-corrected chi connectivity index (χ3v) is 7.65. The van der Waals surface area contributed by atoms with Crippen LogP contribution in [0.5, 0.6) is 0 Å². The minimum atomic E-state index is -3.81. The maximum absolute atomic E-state index is 13.2. The van der Waals surface area contributed by atoms with Crippen LogP contribution in [0, 0.1) is 27.7 Å². The lowest BCUT2D eigenvalue weighted by Gasteiger charge is -2.23. The topological polar surface area (TPSA) is 66.5 Å². The summed E-state index contributed by atoms with van der Waals surface area (Å²) in [6.07, 6.45) is 0. The average molecular weight is 451 g/mol. The third kappa shape index (κ3) is 4.70. The zero-order chi connectivity index (χ0) is 23.6. The molecule has 1 atom stereocenters. The first-order chi connectivity index (χ1) is 15.0. The minimum Gasteiger partial charge on any atom is -0.345 e. The second-order valence-corrected chi connectivity index (χ2v) is 10.3. The number of anilines is 1.